The number of rotatable bonds is 1. The summed E-state index contributed by atoms with van der Waals surface area (Å²) in [6.45, 7) is 0. The number of methoxy groups -OCH3 is 1. The zero-order chi connectivity index (χ0) is 14.5. The molecule has 104 valence electrons. The number of alkyl halides is 3. The third-order valence-electron chi connectivity index (χ3n) is 2.99. The van der Waals surface area contributed by atoms with Crippen LogP contribution in [0, 0.1) is 0 Å². The van der Waals surface area contributed by atoms with E-state index in [1.807, 2.05) is 0 Å². The minimum Gasteiger partial charge on any atom is -0.494 e. The molecule has 0 aliphatic carbocycles. The molecule has 1 N–H and O–H groups in total. The minimum atomic E-state index is -4.49. The predicted molar refractivity (Wildman–Crippen MR) is 70.2 cm³/mol. The van der Waals surface area contributed by atoms with Crippen LogP contribution in [-0.2, 0) is 6.18 Å². The fourth-order valence-corrected chi connectivity index (χ4v) is 2.32. The highest BCUT2D eigenvalue weighted by Gasteiger charge is 2.32. The second kappa shape index (κ2) is 4.28. The Bertz CT molecular complexity index is 811. The summed E-state index contributed by atoms with van der Waals surface area (Å²) in [6, 6.07) is 5.43. The number of hydrogen-bond acceptors (Lipinski definition) is 2. The van der Waals surface area contributed by atoms with Gasteiger partial charge < -0.3 is 9.72 Å². The monoisotopic (exact) mass is 300 g/mol. The van der Waals surface area contributed by atoms with E-state index in [1.165, 1.54) is 13.2 Å². The molecule has 1 aromatic carbocycles. The summed E-state index contributed by atoms with van der Waals surface area (Å²) < 4.78 is 43.3. The molecule has 0 radical (unpaired) electrons. The van der Waals surface area contributed by atoms with Gasteiger partial charge in [-0.15, -0.1) is 0 Å². The number of aromatic amines is 1. The van der Waals surface area contributed by atoms with Crippen LogP contribution >= 0.6 is 11.6 Å². The molecule has 20 heavy (non-hydrogen) atoms. The molecule has 3 nitrogen and oxygen atoms in total. The number of nitrogens with zero attached hydrogens (tertiary/aromatic N) is 1. The average molecular weight is 301 g/mol. The maximum Gasteiger partial charge on any atom is 0.433 e. The number of hydrogen-bond donors (Lipinski definition) is 1. The summed E-state index contributed by atoms with van der Waals surface area (Å²) in [4.78, 5) is 6.67. The lowest BCUT2D eigenvalue weighted by Gasteiger charge is -2.05. The molecule has 0 bridgehead atoms. The van der Waals surface area contributed by atoms with Crippen molar-refractivity contribution in [3.05, 3.63) is 35.0 Å². The van der Waals surface area contributed by atoms with Crippen molar-refractivity contribution in [2.24, 2.45) is 0 Å². The quantitative estimate of drug-likeness (QED) is 0.723. The molecule has 0 unspecified atom stereocenters. The molecule has 0 aliphatic rings. The molecule has 2 heterocycles. The first-order chi connectivity index (χ1) is 9.40. The Morgan fingerprint density at radius 3 is 2.65 bits per heavy atom. The molecular formula is C13H8ClF3N2O. The van der Waals surface area contributed by atoms with Crippen LogP contribution in [0.15, 0.2) is 24.3 Å². The highest BCUT2D eigenvalue weighted by atomic mass is 35.5. The van der Waals surface area contributed by atoms with Gasteiger partial charge in [-0.25, -0.2) is 4.98 Å². The summed E-state index contributed by atoms with van der Waals surface area (Å²) >= 11 is 5.95. The number of fused-ring (bicyclic) bond motifs is 3. The third-order valence-corrected chi connectivity index (χ3v) is 3.21. The average Bonchev–Trinajstić information content (AvgIpc) is 2.74. The molecule has 3 aromatic rings. The van der Waals surface area contributed by atoms with Crippen molar-refractivity contribution in [2.45, 2.75) is 6.18 Å². The molecule has 0 amide bonds. The zero-order valence-corrected chi connectivity index (χ0v) is 10.9. The van der Waals surface area contributed by atoms with Crippen molar-refractivity contribution in [1.29, 1.82) is 0 Å². The van der Waals surface area contributed by atoms with Gasteiger partial charge in [0, 0.05) is 16.5 Å². The Balaban J connectivity index is 2.39. The standard InChI is InChI=1S/C13H8ClF3N2O/c1-20-9-5-6(14)4-7-11-8(18-12(7)9)2-3-10(19-11)13(15,16)17/h2-5,18H,1H3. The Morgan fingerprint density at radius 1 is 1.25 bits per heavy atom. The Hall–Kier alpha value is -1.95. The topological polar surface area (TPSA) is 37.9 Å². The van der Waals surface area contributed by atoms with Gasteiger partial charge in [0.1, 0.15) is 11.4 Å². The molecule has 0 aliphatic heterocycles. The van der Waals surface area contributed by atoms with Gasteiger partial charge in [0.15, 0.2) is 0 Å². The maximum atomic E-state index is 12.7. The molecule has 7 heteroatoms. The first kappa shape index (κ1) is 13.1. The van der Waals surface area contributed by atoms with Crippen molar-refractivity contribution in [2.75, 3.05) is 7.11 Å². The number of aromatic nitrogens is 2. The summed E-state index contributed by atoms with van der Waals surface area (Å²) in [5, 5.41) is 0.866. The smallest absolute Gasteiger partial charge is 0.433 e. The first-order valence-corrected chi connectivity index (χ1v) is 6.01. The second-order valence-corrected chi connectivity index (χ2v) is 4.68. The SMILES string of the molecule is COc1cc(Cl)cc2c1[nH]c1ccc(C(F)(F)F)nc12. The van der Waals surface area contributed by atoms with Crippen LogP contribution in [0.5, 0.6) is 5.75 Å². The summed E-state index contributed by atoms with van der Waals surface area (Å²) in [5.74, 6) is 0.457. The van der Waals surface area contributed by atoms with Crippen LogP contribution in [0.4, 0.5) is 13.2 Å². The molecule has 2 aromatic heterocycles. The number of nitrogens with one attached hydrogen (secondary N) is 1. The van der Waals surface area contributed by atoms with Crippen molar-refractivity contribution >= 4 is 33.5 Å². The largest absolute Gasteiger partial charge is 0.494 e. The molecule has 0 saturated heterocycles. The molecule has 0 atom stereocenters. The van der Waals surface area contributed by atoms with Gasteiger partial charge in [0.05, 0.1) is 23.7 Å². The van der Waals surface area contributed by atoms with Gasteiger partial charge in [-0.2, -0.15) is 13.2 Å². The Morgan fingerprint density at radius 2 is 2.00 bits per heavy atom. The summed E-state index contributed by atoms with van der Waals surface area (Å²) in [7, 11) is 1.46. The van der Waals surface area contributed by atoms with Gasteiger partial charge in [-0.05, 0) is 18.2 Å². The van der Waals surface area contributed by atoms with E-state index < -0.39 is 11.9 Å². The molecule has 3 rings (SSSR count). The van der Waals surface area contributed by atoms with Crippen LogP contribution in [0.1, 0.15) is 5.69 Å². The number of H-pyrrole nitrogens is 1. The summed E-state index contributed by atoms with van der Waals surface area (Å²) in [5.41, 5.74) is 0.341. The van der Waals surface area contributed by atoms with E-state index in [4.69, 9.17) is 16.3 Å². The van der Waals surface area contributed by atoms with Crippen LogP contribution in [0.2, 0.25) is 5.02 Å². The molecule has 0 fully saturated rings. The van der Waals surface area contributed by atoms with Crippen molar-refractivity contribution in [3.8, 4) is 5.75 Å². The number of benzene rings is 1. The van der Waals surface area contributed by atoms with E-state index in [9.17, 15) is 13.2 Å². The highest BCUT2D eigenvalue weighted by Crippen LogP contribution is 2.36. The van der Waals surface area contributed by atoms with E-state index in [0.29, 0.717) is 27.2 Å². The van der Waals surface area contributed by atoms with Crippen LogP contribution in [-0.4, -0.2) is 17.1 Å². The van der Waals surface area contributed by atoms with Crippen LogP contribution in [0.3, 0.4) is 0 Å². The number of ether oxygens (including phenoxy) is 1. The van der Waals surface area contributed by atoms with Crippen molar-refractivity contribution < 1.29 is 17.9 Å². The van der Waals surface area contributed by atoms with E-state index in [-0.39, 0.29) is 5.52 Å². The van der Waals surface area contributed by atoms with E-state index in [2.05, 4.69) is 9.97 Å². The van der Waals surface area contributed by atoms with Crippen LogP contribution in [0.25, 0.3) is 21.9 Å². The third kappa shape index (κ3) is 1.96. The maximum absolute atomic E-state index is 12.7. The molecular weight excluding hydrogens is 293 g/mol. The van der Waals surface area contributed by atoms with Gasteiger partial charge in [0.2, 0.25) is 0 Å². The molecule has 0 saturated carbocycles. The lowest BCUT2D eigenvalue weighted by molar-refractivity contribution is -0.140. The normalized spacial score (nSPS) is 12.2. The highest BCUT2D eigenvalue weighted by molar-refractivity contribution is 6.32. The molecule has 0 spiro atoms. The van der Waals surface area contributed by atoms with Gasteiger partial charge in [0.25, 0.3) is 0 Å². The van der Waals surface area contributed by atoms with Crippen molar-refractivity contribution in [3.63, 3.8) is 0 Å². The summed E-state index contributed by atoms with van der Waals surface area (Å²) in [6.07, 6.45) is -4.49. The van der Waals surface area contributed by atoms with Crippen molar-refractivity contribution in [1.82, 2.24) is 9.97 Å². The van der Waals surface area contributed by atoms with Gasteiger partial charge >= 0.3 is 6.18 Å². The zero-order valence-electron chi connectivity index (χ0n) is 10.2. The van der Waals surface area contributed by atoms with E-state index in [1.54, 1.807) is 12.1 Å². The Labute approximate surface area is 116 Å². The lowest BCUT2D eigenvalue weighted by Crippen LogP contribution is -2.07. The Kier molecular flexibility index (Phi) is 2.79. The van der Waals surface area contributed by atoms with Gasteiger partial charge in [-0.1, -0.05) is 11.6 Å². The van der Waals surface area contributed by atoms with Gasteiger partial charge in [-0.3, -0.25) is 0 Å². The van der Waals surface area contributed by atoms with E-state index in [0.717, 1.165) is 6.07 Å². The lowest BCUT2D eigenvalue weighted by atomic mass is 10.2. The fourth-order valence-electron chi connectivity index (χ4n) is 2.12. The minimum absolute atomic E-state index is 0.218. The van der Waals surface area contributed by atoms with Crippen LogP contribution < -0.4 is 4.74 Å². The second-order valence-electron chi connectivity index (χ2n) is 4.25. The number of pyridine rings is 1. The first-order valence-electron chi connectivity index (χ1n) is 5.63. The van der Waals surface area contributed by atoms with E-state index >= 15 is 0 Å². The predicted octanol–water partition coefficient (Wildman–Crippen LogP) is 4.40. The fraction of sp³-hybridized carbons (Fsp3) is 0.154. The number of halogens is 4.